The maximum atomic E-state index is 12.3. The molecule has 0 aromatic carbocycles. The van der Waals surface area contributed by atoms with Crippen molar-refractivity contribution in [2.24, 2.45) is 0 Å². The Morgan fingerprint density at radius 1 is 1.41 bits per heavy atom. The van der Waals surface area contributed by atoms with Gasteiger partial charge in [0.15, 0.2) is 0 Å². The SMILES string of the molecule is Cc1nc2ccccn2c1CN1CCO[C@]2(CO[C@H](C(=O)NCC(F)(F)F)C2)C1. The Hall–Kier alpha value is -2.17. The number of rotatable bonds is 4. The fourth-order valence-electron chi connectivity index (χ4n) is 4.01. The molecule has 2 atom stereocenters. The number of fused-ring (bicyclic) bond motifs is 1. The van der Waals surface area contributed by atoms with E-state index >= 15 is 0 Å². The van der Waals surface area contributed by atoms with E-state index in [-0.39, 0.29) is 13.0 Å². The van der Waals surface area contributed by atoms with E-state index in [0.717, 1.165) is 17.0 Å². The van der Waals surface area contributed by atoms with Crippen LogP contribution in [0.5, 0.6) is 0 Å². The third-order valence-electron chi connectivity index (χ3n) is 5.39. The third-order valence-corrected chi connectivity index (χ3v) is 5.39. The van der Waals surface area contributed by atoms with Crippen molar-refractivity contribution < 1.29 is 27.4 Å². The summed E-state index contributed by atoms with van der Waals surface area (Å²) in [7, 11) is 0. The predicted molar refractivity (Wildman–Crippen MR) is 97.3 cm³/mol. The lowest BCUT2D eigenvalue weighted by Crippen LogP contribution is -2.52. The molecule has 0 aliphatic carbocycles. The molecule has 2 aromatic heterocycles. The highest BCUT2D eigenvalue weighted by Gasteiger charge is 2.47. The summed E-state index contributed by atoms with van der Waals surface area (Å²) in [4.78, 5) is 18.8. The largest absolute Gasteiger partial charge is 0.405 e. The van der Waals surface area contributed by atoms with E-state index in [0.29, 0.717) is 26.2 Å². The first-order chi connectivity index (χ1) is 13.7. The number of aryl methyl sites for hydroxylation is 1. The van der Waals surface area contributed by atoms with Crippen LogP contribution in [0.3, 0.4) is 0 Å². The summed E-state index contributed by atoms with van der Waals surface area (Å²) in [6.07, 6.45) is -3.18. The molecule has 2 fully saturated rings. The van der Waals surface area contributed by atoms with Gasteiger partial charge >= 0.3 is 6.18 Å². The predicted octanol–water partition coefficient (Wildman–Crippen LogP) is 1.68. The number of hydrogen-bond donors (Lipinski definition) is 1. The number of alkyl halides is 3. The Balaban J connectivity index is 1.41. The van der Waals surface area contributed by atoms with Gasteiger partial charge in [-0.1, -0.05) is 6.07 Å². The van der Waals surface area contributed by atoms with Crippen molar-refractivity contribution in [3.05, 3.63) is 35.8 Å². The number of amides is 1. The first-order valence-electron chi connectivity index (χ1n) is 9.50. The molecule has 1 amide bonds. The van der Waals surface area contributed by atoms with Crippen LogP contribution in [0.1, 0.15) is 17.8 Å². The Morgan fingerprint density at radius 2 is 2.24 bits per heavy atom. The molecule has 2 saturated heterocycles. The van der Waals surface area contributed by atoms with Gasteiger partial charge in [0.1, 0.15) is 23.9 Å². The lowest BCUT2D eigenvalue weighted by molar-refractivity contribution is -0.143. The molecule has 10 heteroatoms. The molecule has 0 saturated carbocycles. The number of carbonyl (C=O) groups is 1. The van der Waals surface area contributed by atoms with Crippen LogP contribution in [0.2, 0.25) is 0 Å². The van der Waals surface area contributed by atoms with E-state index in [1.807, 2.05) is 36.6 Å². The van der Waals surface area contributed by atoms with E-state index < -0.39 is 30.3 Å². The van der Waals surface area contributed by atoms with Crippen molar-refractivity contribution in [2.45, 2.75) is 37.8 Å². The topological polar surface area (TPSA) is 68.1 Å². The van der Waals surface area contributed by atoms with Gasteiger partial charge in [-0.3, -0.25) is 9.69 Å². The molecule has 0 unspecified atom stereocenters. The number of ether oxygens (including phenoxy) is 2. The molecule has 2 aromatic rings. The lowest BCUT2D eigenvalue weighted by atomic mass is 9.97. The van der Waals surface area contributed by atoms with E-state index in [1.54, 1.807) is 0 Å². The highest BCUT2D eigenvalue weighted by molar-refractivity contribution is 5.81. The summed E-state index contributed by atoms with van der Waals surface area (Å²) < 4.78 is 50.5. The van der Waals surface area contributed by atoms with E-state index in [4.69, 9.17) is 9.47 Å². The van der Waals surface area contributed by atoms with Gasteiger partial charge in [-0.15, -0.1) is 0 Å². The van der Waals surface area contributed by atoms with Gasteiger partial charge in [0, 0.05) is 32.3 Å². The van der Waals surface area contributed by atoms with Crippen molar-refractivity contribution in [3.63, 3.8) is 0 Å². The van der Waals surface area contributed by atoms with Crippen LogP contribution in [0, 0.1) is 6.92 Å². The van der Waals surface area contributed by atoms with Crippen LogP contribution in [0.25, 0.3) is 5.65 Å². The summed E-state index contributed by atoms with van der Waals surface area (Å²) in [5.74, 6) is -0.752. The summed E-state index contributed by atoms with van der Waals surface area (Å²) in [6, 6.07) is 5.84. The van der Waals surface area contributed by atoms with Crippen molar-refractivity contribution in [1.29, 1.82) is 0 Å². The third kappa shape index (κ3) is 4.39. The smallest absolute Gasteiger partial charge is 0.370 e. The van der Waals surface area contributed by atoms with Gasteiger partial charge < -0.3 is 19.2 Å². The van der Waals surface area contributed by atoms with Gasteiger partial charge in [0.2, 0.25) is 5.91 Å². The van der Waals surface area contributed by atoms with Crippen LogP contribution in [-0.2, 0) is 20.8 Å². The average Bonchev–Trinajstić information content (AvgIpc) is 3.21. The van der Waals surface area contributed by atoms with Crippen LogP contribution in [0.4, 0.5) is 13.2 Å². The number of halogens is 3. The first-order valence-corrected chi connectivity index (χ1v) is 9.50. The number of nitrogens with zero attached hydrogens (tertiary/aromatic N) is 3. The molecule has 158 valence electrons. The molecular formula is C19H23F3N4O3. The van der Waals surface area contributed by atoms with Gasteiger partial charge in [-0.25, -0.2) is 4.98 Å². The van der Waals surface area contributed by atoms with Crippen molar-refractivity contribution in [3.8, 4) is 0 Å². The van der Waals surface area contributed by atoms with E-state index in [2.05, 4.69) is 14.3 Å². The van der Waals surface area contributed by atoms with Gasteiger partial charge in [0.25, 0.3) is 0 Å². The van der Waals surface area contributed by atoms with Gasteiger partial charge in [0.05, 0.1) is 24.6 Å². The number of hydrogen-bond acceptors (Lipinski definition) is 5. The number of carbonyl (C=O) groups excluding carboxylic acids is 1. The summed E-state index contributed by atoms with van der Waals surface area (Å²) in [6.45, 7) is 3.17. The Bertz CT molecular complexity index is 900. The fraction of sp³-hybridized carbons (Fsp3) is 0.579. The molecule has 4 rings (SSSR count). The second-order valence-electron chi connectivity index (χ2n) is 7.65. The summed E-state index contributed by atoms with van der Waals surface area (Å²) in [5, 5.41) is 1.89. The minimum atomic E-state index is -4.45. The van der Waals surface area contributed by atoms with Crippen LogP contribution >= 0.6 is 0 Å². The highest BCUT2D eigenvalue weighted by Crippen LogP contribution is 2.32. The summed E-state index contributed by atoms with van der Waals surface area (Å²) in [5.41, 5.74) is 2.22. The zero-order valence-electron chi connectivity index (χ0n) is 16.0. The van der Waals surface area contributed by atoms with Crippen LogP contribution in [0.15, 0.2) is 24.4 Å². The van der Waals surface area contributed by atoms with E-state index in [1.165, 1.54) is 0 Å². The zero-order chi connectivity index (χ0) is 20.6. The van der Waals surface area contributed by atoms with Crippen molar-refractivity contribution in [2.75, 3.05) is 32.8 Å². The van der Waals surface area contributed by atoms with E-state index in [9.17, 15) is 18.0 Å². The molecule has 1 N–H and O–H groups in total. The maximum Gasteiger partial charge on any atom is 0.405 e. The Morgan fingerprint density at radius 3 is 3.03 bits per heavy atom. The van der Waals surface area contributed by atoms with Gasteiger partial charge in [-0.2, -0.15) is 13.2 Å². The number of aromatic nitrogens is 2. The quantitative estimate of drug-likeness (QED) is 0.828. The zero-order valence-corrected chi connectivity index (χ0v) is 16.0. The molecular weight excluding hydrogens is 389 g/mol. The second-order valence-corrected chi connectivity index (χ2v) is 7.65. The molecule has 2 aliphatic heterocycles. The van der Waals surface area contributed by atoms with Crippen LogP contribution in [-0.4, -0.2) is 70.9 Å². The molecule has 0 radical (unpaired) electrons. The minimum absolute atomic E-state index is 0.180. The standard InChI is InChI=1S/C19H23F3N4O3/c1-13-14(26-5-3-2-4-16(26)24-13)9-25-6-7-29-18(11-25)8-15(28-12-18)17(27)23-10-19(20,21)22/h2-5,15H,6-12H2,1H3,(H,23,27)/t15-,18-/m0/s1. The monoisotopic (exact) mass is 412 g/mol. The molecule has 4 heterocycles. The van der Waals surface area contributed by atoms with Gasteiger partial charge in [-0.05, 0) is 19.1 Å². The first kappa shape index (κ1) is 20.1. The molecule has 0 bridgehead atoms. The number of nitrogens with one attached hydrogen (secondary N) is 1. The maximum absolute atomic E-state index is 12.3. The number of pyridine rings is 1. The lowest BCUT2D eigenvalue weighted by Gasteiger charge is -2.39. The highest BCUT2D eigenvalue weighted by atomic mass is 19.4. The second kappa shape index (κ2) is 7.58. The molecule has 1 spiro atoms. The van der Waals surface area contributed by atoms with Crippen molar-refractivity contribution in [1.82, 2.24) is 19.6 Å². The number of imidazole rings is 1. The van der Waals surface area contributed by atoms with Crippen LogP contribution < -0.4 is 5.32 Å². The molecule has 2 aliphatic rings. The fourth-order valence-corrected chi connectivity index (χ4v) is 4.01. The van der Waals surface area contributed by atoms with Crippen molar-refractivity contribution >= 4 is 11.6 Å². The summed E-state index contributed by atoms with van der Waals surface area (Å²) >= 11 is 0. The number of morpholine rings is 1. The average molecular weight is 412 g/mol. The molecule has 7 nitrogen and oxygen atoms in total. The normalized spacial score (nSPS) is 25.7. The molecule has 29 heavy (non-hydrogen) atoms. The Kier molecular flexibility index (Phi) is 5.26. The Labute approximate surface area is 165 Å². The minimum Gasteiger partial charge on any atom is -0.370 e.